The van der Waals surface area contributed by atoms with Gasteiger partial charge in [-0.2, -0.15) is 0 Å². The average Bonchev–Trinajstić information content (AvgIpc) is 2.97. The summed E-state index contributed by atoms with van der Waals surface area (Å²) in [6, 6.07) is 25.5. The quantitative estimate of drug-likeness (QED) is 0.293. The predicted molar refractivity (Wildman–Crippen MR) is 160 cm³/mol. The Morgan fingerprint density at radius 3 is 2.32 bits per heavy atom. The van der Waals surface area contributed by atoms with Gasteiger partial charge in [-0.3, -0.25) is 4.79 Å². The van der Waals surface area contributed by atoms with Gasteiger partial charge in [0.05, 0.1) is 38.3 Å². The molecule has 0 fully saturated rings. The highest BCUT2D eigenvalue weighted by molar-refractivity contribution is 8.00. The Morgan fingerprint density at radius 1 is 0.951 bits per heavy atom. The third-order valence-corrected chi connectivity index (χ3v) is 9.84. The standard InChI is InChI=1S/C34H38O6S/c1-22-26(35)20-34(37)32(36)28-25(16-11-17-27(28)38-4)30(40-19-18-39-21-23-12-7-5-8-13-23)31(29(22)33(34,2)3)41-24-14-9-6-10-15-24/h5-17,30-32,36-37H,18-21H2,1-4H3/t30-,31-,32+,34-/m1/s1. The van der Waals surface area contributed by atoms with Crippen LogP contribution in [0, 0.1) is 5.41 Å². The molecule has 3 aromatic carbocycles. The lowest BCUT2D eigenvalue weighted by Crippen LogP contribution is -2.58. The lowest BCUT2D eigenvalue weighted by atomic mass is 9.56. The second-order valence-electron chi connectivity index (χ2n) is 11.2. The number of rotatable bonds is 9. The van der Waals surface area contributed by atoms with Crippen LogP contribution in [0.1, 0.15) is 56.1 Å². The molecule has 4 atom stereocenters. The van der Waals surface area contributed by atoms with Crippen molar-refractivity contribution in [2.24, 2.45) is 5.41 Å². The van der Waals surface area contributed by atoms with Crippen LogP contribution in [0.5, 0.6) is 5.75 Å². The number of carbonyl (C=O) groups excluding carboxylic acids is 1. The number of ketones is 1. The number of thioether (sulfide) groups is 1. The normalized spacial score (nSPS) is 25.3. The molecule has 2 N–H and O–H groups in total. The van der Waals surface area contributed by atoms with E-state index in [1.165, 1.54) is 0 Å². The number of hydrogen-bond acceptors (Lipinski definition) is 7. The van der Waals surface area contributed by atoms with Gasteiger partial charge in [0, 0.05) is 22.3 Å². The number of fused-ring (bicyclic) bond motifs is 3. The van der Waals surface area contributed by atoms with E-state index >= 15 is 0 Å². The highest BCUT2D eigenvalue weighted by atomic mass is 32.2. The summed E-state index contributed by atoms with van der Waals surface area (Å²) in [7, 11) is 1.54. The average molecular weight is 575 g/mol. The summed E-state index contributed by atoms with van der Waals surface area (Å²) in [5, 5.41) is 23.8. The fourth-order valence-corrected chi connectivity index (χ4v) is 7.78. The van der Waals surface area contributed by atoms with E-state index in [1.807, 2.05) is 93.6 Å². The zero-order chi connectivity index (χ0) is 29.2. The maximum atomic E-state index is 13.5. The van der Waals surface area contributed by atoms with E-state index in [0.29, 0.717) is 36.7 Å². The Labute approximate surface area is 246 Å². The van der Waals surface area contributed by atoms with Gasteiger partial charge in [0.2, 0.25) is 0 Å². The Balaban J connectivity index is 1.61. The first kappa shape index (κ1) is 29.5. The van der Waals surface area contributed by atoms with Crippen LogP contribution in [0.3, 0.4) is 0 Å². The van der Waals surface area contributed by atoms with Crippen molar-refractivity contribution in [2.75, 3.05) is 20.3 Å². The first-order chi connectivity index (χ1) is 19.7. The van der Waals surface area contributed by atoms with E-state index in [0.717, 1.165) is 21.6 Å². The molecule has 2 aliphatic carbocycles. The third-order valence-electron chi connectivity index (χ3n) is 8.56. The second-order valence-corrected chi connectivity index (χ2v) is 12.4. The van der Waals surface area contributed by atoms with Crippen LogP contribution < -0.4 is 4.74 Å². The molecular formula is C34H38O6S. The number of aliphatic hydroxyl groups excluding tert-OH is 1. The summed E-state index contributed by atoms with van der Waals surface area (Å²) in [4.78, 5) is 14.5. The molecule has 6 nitrogen and oxygen atoms in total. The molecule has 0 radical (unpaired) electrons. The van der Waals surface area contributed by atoms with Crippen LogP contribution in [0.4, 0.5) is 0 Å². The molecule has 3 aromatic rings. The van der Waals surface area contributed by atoms with Crippen molar-refractivity contribution in [3.8, 4) is 5.75 Å². The molecule has 7 heteroatoms. The lowest BCUT2D eigenvalue weighted by molar-refractivity contribution is -0.162. The minimum atomic E-state index is -1.75. The Bertz CT molecular complexity index is 1400. The molecule has 5 rings (SSSR count). The van der Waals surface area contributed by atoms with Crippen molar-refractivity contribution in [3.05, 3.63) is 107 Å². The van der Waals surface area contributed by atoms with Gasteiger partial charge in [-0.25, -0.2) is 0 Å². The summed E-state index contributed by atoms with van der Waals surface area (Å²) in [5.41, 5.74) is 0.945. The minimum absolute atomic E-state index is 0.178. The van der Waals surface area contributed by atoms with Gasteiger partial charge in [-0.05, 0) is 47.4 Å². The minimum Gasteiger partial charge on any atom is -0.496 e. The van der Waals surface area contributed by atoms with Crippen molar-refractivity contribution in [1.29, 1.82) is 0 Å². The van der Waals surface area contributed by atoms with Gasteiger partial charge in [-0.15, -0.1) is 11.8 Å². The predicted octanol–water partition coefficient (Wildman–Crippen LogP) is 6.22. The maximum Gasteiger partial charge on any atom is 0.161 e. The molecular weight excluding hydrogens is 536 g/mol. The Kier molecular flexibility index (Phi) is 8.73. The van der Waals surface area contributed by atoms with Gasteiger partial charge in [0.15, 0.2) is 5.78 Å². The Morgan fingerprint density at radius 2 is 1.63 bits per heavy atom. The molecule has 0 aromatic heterocycles. The smallest absolute Gasteiger partial charge is 0.161 e. The Hall–Kier alpha value is -2.94. The van der Waals surface area contributed by atoms with Crippen LogP contribution in [-0.2, 0) is 20.9 Å². The van der Waals surface area contributed by atoms with E-state index in [4.69, 9.17) is 14.2 Å². The maximum absolute atomic E-state index is 13.5. The van der Waals surface area contributed by atoms with Gasteiger partial charge in [0.1, 0.15) is 17.5 Å². The van der Waals surface area contributed by atoms with Crippen molar-refractivity contribution < 1.29 is 29.2 Å². The van der Waals surface area contributed by atoms with Crippen LogP contribution in [0.15, 0.2) is 94.9 Å². The van der Waals surface area contributed by atoms with Crippen LogP contribution in [0.25, 0.3) is 0 Å². The summed E-state index contributed by atoms with van der Waals surface area (Å²) in [6.45, 7) is 6.79. The number of aliphatic hydroxyl groups is 2. The molecule has 0 saturated carbocycles. The van der Waals surface area contributed by atoms with E-state index in [-0.39, 0.29) is 17.5 Å². The fraction of sp³-hybridized carbons (Fsp3) is 0.382. The molecule has 2 bridgehead atoms. The van der Waals surface area contributed by atoms with E-state index in [9.17, 15) is 15.0 Å². The number of ether oxygens (including phenoxy) is 3. The molecule has 0 amide bonds. The second kappa shape index (κ2) is 12.1. The van der Waals surface area contributed by atoms with E-state index < -0.39 is 23.2 Å². The van der Waals surface area contributed by atoms with Gasteiger partial charge < -0.3 is 24.4 Å². The number of Topliss-reactive ketones (excluding diaryl/α,β-unsaturated/α-hetero) is 1. The molecule has 0 heterocycles. The van der Waals surface area contributed by atoms with Crippen molar-refractivity contribution >= 4 is 17.5 Å². The summed E-state index contributed by atoms with van der Waals surface area (Å²) < 4.78 is 18.3. The fourth-order valence-electron chi connectivity index (χ4n) is 6.23. The summed E-state index contributed by atoms with van der Waals surface area (Å²) in [6.07, 6.45) is -2.13. The van der Waals surface area contributed by atoms with Gasteiger partial charge in [-0.1, -0.05) is 74.5 Å². The number of allylic oxidation sites excluding steroid dienone is 1. The van der Waals surface area contributed by atoms with Crippen molar-refractivity contribution in [1.82, 2.24) is 0 Å². The lowest BCUT2D eigenvalue weighted by Gasteiger charge is -2.54. The van der Waals surface area contributed by atoms with Gasteiger partial charge in [0.25, 0.3) is 0 Å². The highest BCUT2D eigenvalue weighted by Crippen LogP contribution is 2.60. The first-order valence-corrected chi connectivity index (χ1v) is 14.8. The molecule has 0 saturated heterocycles. The molecule has 0 unspecified atom stereocenters. The number of carbonyl (C=O) groups is 1. The molecule has 0 aliphatic heterocycles. The largest absolute Gasteiger partial charge is 0.496 e. The zero-order valence-electron chi connectivity index (χ0n) is 24.0. The number of benzene rings is 3. The van der Waals surface area contributed by atoms with E-state index in [1.54, 1.807) is 24.9 Å². The molecule has 2 aliphatic rings. The summed E-state index contributed by atoms with van der Waals surface area (Å²) in [5.74, 6) is 0.265. The third kappa shape index (κ3) is 5.49. The van der Waals surface area contributed by atoms with Gasteiger partial charge >= 0.3 is 0 Å². The molecule has 0 spiro atoms. The van der Waals surface area contributed by atoms with Crippen LogP contribution in [-0.4, -0.2) is 47.2 Å². The van der Waals surface area contributed by atoms with Crippen molar-refractivity contribution in [2.45, 2.75) is 61.8 Å². The zero-order valence-corrected chi connectivity index (χ0v) is 24.8. The van der Waals surface area contributed by atoms with Crippen LogP contribution >= 0.6 is 11.8 Å². The first-order valence-electron chi connectivity index (χ1n) is 14.0. The van der Waals surface area contributed by atoms with E-state index in [2.05, 4.69) is 0 Å². The van der Waals surface area contributed by atoms with Crippen molar-refractivity contribution in [3.63, 3.8) is 0 Å². The monoisotopic (exact) mass is 574 g/mol. The number of hydrogen-bond donors (Lipinski definition) is 2. The SMILES string of the molecule is COc1cccc2c1[C@H](O)[C@]1(O)CC(=O)C(C)=C([C@@H](Sc3ccccc3)[C@@H]2OCCOCc2ccccc2)C1(C)C. The number of methoxy groups -OCH3 is 1. The molecule has 41 heavy (non-hydrogen) atoms. The highest BCUT2D eigenvalue weighted by Gasteiger charge is 2.60. The van der Waals surface area contributed by atoms with Crippen LogP contribution in [0.2, 0.25) is 0 Å². The molecule has 216 valence electrons. The topological polar surface area (TPSA) is 85.2 Å². The summed E-state index contributed by atoms with van der Waals surface area (Å²) >= 11 is 1.60.